The summed E-state index contributed by atoms with van der Waals surface area (Å²) in [5.41, 5.74) is 1.92. The summed E-state index contributed by atoms with van der Waals surface area (Å²) < 4.78 is 13.1. The molecule has 1 aliphatic heterocycles. The minimum Gasteiger partial charge on any atom is -0.493 e. The monoisotopic (exact) mass is 410 g/mol. The number of aromatic amines is 1. The van der Waals surface area contributed by atoms with Crippen LogP contribution in [0.1, 0.15) is 23.7 Å². The third kappa shape index (κ3) is 3.75. The predicted octanol–water partition coefficient (Wildman–Crippen LogP) is 3.46. The number of benzene rings is 2. The fraction of sp³-hybridized carbons (Fsp3) is 0.286. The minimum absolute atomic E-state index is 0.0488. The predicted molar refractivity (Wildman–Crippen MR) is 111 cm³/mol. The van der Waals surface area contributed by atoms with Gasteiger partial charge in [-0.25, -0.2) is 0 Å². The van der Waals surface area contributed by atoms with Crippen molar-refractivity contribution in [3.63, 3.8) is 0 Å². The average Bonchev–Trinajstić information content (AvgIpc) is 3.30. The molecule has 0 aliphatic carbocycles. The van der Waals surface area contributed by atoms with Crippen molar-refractivity contribution in [2.45, 2.75) is 18.9 Å². The van der Waals surface area contributed by atoms with E-state index >= 15 is 0 Å². The lowest BCUT2D eigenvalue weighted by Crippen LogP contribution is -2.24. The molecule has 3 aromatic rings. The van der Waals surface area contributed by atoms with Gasteiger partial charge in [-0.05, 0) is 29.9 Å². The zero-order chi connectivity index (χ0) is 20.4. The molecule has 29 heavy (non-hydrogen) atoms. The van der Waals surface area contributed by atoms with E-state index in [0.717, 1.165) is 17.1 Å². The maximum atomic E-state index is 12.6. The number of nitrogens with one attached hydrogen (secondary N) is 1. The Morgan fingerprint density at radius 3 is 2.62 bits per heavy atom. The van der Waals surface area contributed by atoms with E-state index in [-0.39, 0.29) is 11.8 Å². The molecule has 1 fully saturated rings. The highest BCUT2D eigenvalue weighted by atomic mass is 32.1. The van der Waals surface area contributed by atoms with Crippen LogP contribution in [0.25, 0.3) is 5.69 Å². The third-order valence-electron chi connectivity index (χ3n) is 5.12. The Kier molecular flexibility index (Phi) is 5.35. The first-order valence-corrected chi connectivity index (χ1v) is 9.73. The Morgan fingerprint density at radius 2 is 1.90 bits per heavy atom. The number of hydrogen-bond acceptors (Lipinski definition) is 5. The Hall–Kier alpha value is -3.13. The van der Waals surface area contributed by atoms with Crippen LogP contribution in [-0.2, 0) is 11.3 Å². The summed E-state index contributed by atoms with van der Waals surface area (Å²) in [7, 11) is 3.19. The number of H-pyrrole nitrogens is 1. The molecular weight excluding hydrogens is 388 g/mol. The summed E-state index contributed by atoms with van der Waals surface area (Å²) in [6.45, 7) is 1.19. The molecule has 2 heterocycles. The number of nitrogens with zero attached hydrogens (tertiary/aromatic N) is 3. The molecule has 1 amide bonds. The summed E-state index contributed by atoms with van der Waals surface area (Å²) in [5, 5.41) is 7.31. The molecule has 0 radical (unpaired) electrons. The number of hydrogen-bond donors (Lipinski definition) is 1. The van der Waals surface area contributed by atoms with Crippen LogP contribution in [0.5, 0.6) is 11.5 Å². The first kappa shape index (κ1) is 19.2. The molecule has 0 saturated carbocycles. The van der Waals surface area contributed by atoms with Crippen molar-refractivity contribution in [1.29, 1.82) is 0 Å². The number of ether oxygens (including phenoxy) is 2. The lowest BCUT2D eigenvalue weighted by molar-refractivity contribution is -0.128. The number of amides is 1. The zero-order valence-electron chi connectivity index (χ0n) is 16.3. The Balaban J connectivity index is 1.63. The van der Waals surface area contributed by atoms with Gasteiger partial charge in [-0.15, -0.1) is 0 Å². The number of carbonyl (C=O) groups is 1. The maximum Gasteiger partial charge on any atom is 0.223 e. The maximum absolute atomic E-state index is 12.6. The van der Waals surface area contributed by atoms with Crippen LogP contribution in [0.4, 0.5) is 0 Å². The van der Waals surface area contributed by atoms with Crippen LogP contribution >= 0.6 is 12.2 Å². The quantitative estimate of drug-likeness (QED) is 0.630. The van der Waals surface area contributed by atoms with E-state index in [1.54, 1.807) is 14.2 Å². The number of carbonyl (C=O) groups excluding carboxylic acids is 1. The molecule has 8 heteroatoms. The summed E-state index contributed by atoms with van der Waals surface area (Å²) >= 11 is 5.47. The normalized spacial score (nSPS) is 16.3. The van der Waals surface area contributed by atoms with Gasteiger partial charge in [-0.2, -0.15) is 5.10 Å². The van der Waals surface area contributed by atoms with Gasteiger partial charge in [-0.1, -0.05) is 30.3 Å². The van der Waals surface area contributed by atoms with Crippen molar-refractivity contribution in [1.82, 2.24) is 19.7 Å². The fourth-order valence-corrected chi connectivity index (χ4v) is 3.94. The average molecular weight is 410 g/mol. The lowest BCUT2D eigenvalue weighted by Gasteiger charge is -2.17. The molecule has 1 aromatic heterocycles. The molecule has 2 aromatic carbocycles. The van der Waals surface area contributed by atoms with Gasteiger partial charge in [-0.3, -0.25) is 14.5 Å². The summed E-state index contributed by atoms with van der Waals surface area (Å²) in [4.78, 5) is 14.5. The van der Waals surface area contributed by atoms with Crippen molar-refractivity contribution in [3.8, 4) is 17.2 Å². The van der Waals surface area contributed by atoms with Crippen LogP contribution in [0.15, 0.2) is 48.5 Å². The zero-order valence-corrected chi connectivity index (χ0v) is 17.1. The van der Waals surface area contributed by atoms with Gasteiger partial charge in [0, 0.05) is 31.5 Å². The first-order chi connectivity index (χ1) is 14.1. The highest BCUT2D eigenvalue weighted by Gasteiger charge is 2.34. The van der Waals surface area contributed by atoms with Crippen LogP contribution in [0.2, 0.25) is 0 Å². The van der Waals surface area contributed by atoms with E-state index in [9.17, 15) is 4.79 Å². The van der Waals surface area contributed by atoms with Crippen LogP contribution in [0, 0.1) is 4.77 Å². The molecule has 4 rings (SSSR count). The highest BCUT2D eigenvalue weighted by molar-refractivity contribution is 7.71. The minimum atomic E-state index is -0.0488. The van der Waals surface area contributed by atoms with E-state index in [4.69, 9.17) is 21.7 Å². The van der Waals surface area contributed by atoms with Gasteiger partial charge >= 0.3 is 0 Å². The molecule has 0 bridgehead atoms. The van der Waals surface area contributed by atoms with Gasteiger partial charge in [0.15, 0.2) is 16.3 Å². The van der Waals surface area contributed by atoms with Crippen LogP contribution < -0.4 is 9.47 Å². The van der Waals surface area contributed by atoms with Gasteiger partial charge < -0.3 is 14.4 Å². The van der Waals surface area contributed by atoms with Gasteiger partial charge in [0.25, 0.3) is 0 Å². The molecular formula is C21H22N4O3S. The lowest BCUT2D eigenvalue weighted by atomic mass is 10.1. The smallest absolute Gasteiger partial charge is 0.223 e. The number of likely N-dealkylation sites (tertiary alicyclic amines) is 1. The third-order valence-corrected chi connectivity index (χ3v) is 5.39. The molecule has 7 nitrogen and oxygen atoms in total. The van der Waals surface area contributed by atoms with E-state index in [1.165, 1.54) is 0 Å². The molecule has 150 valence electrons. The highest BCUT2D eigenvalue weighted by Crippen LogP contribution is 2.33. The van der Waals surface area contributed by atoms with Gasteiger partial charge in [0.1, 0.15) is 5.82 Å². The fourth-order valence-electron chi connectivity index (χ4n) is 3.70. The van der Waals surface area contributed by atoms with E-state index < -0.39 is 0 Å². The van der Waals surface area contributed by atoms with E-state index in [2.05, 4.69) is 10.2 Å². The van der Waals surface area contributed by atoms with Crippen molar-refractivity contribution >= 4 is 18.1 Å². The second-order valence-electron chi connectivity index (χ2n) is 6.92. The molecule has 1 N–H and O–H groups in total. The van der Waals surface area contributed by atoms with Crippen molar-refractivity contribution in [2.75, 3.05) is 20.8 Å². The molecule has 1 aliphatic rings. The number of rotatable bonds is 6. The number of methoxy groups -OCH3 is 2. The van der Waals surface area contributed by atoms with Crippen LogP contribution in [0.3, 0.4) is 0 Å². The summed E-state index contributed by atoms with van der Waals surface area (Å²) in [6.07, 6.45) is 0.403. The summed E-state index contributed by atoms with van der Waals surface area (Å²) in [6, 6.07) is 15.6. The van der Waals surface area contributed by atoms with Crippen molar-refractivity contribution < 1.29 is 14.3 Å². The number of aromatic nitrogens is 3. The van der Waals surface area contributed by atoms with E-state index in [1.807, 2.05) is 58.0 Å². The van der Waals surface area contributed by atoms with E-state index in [0.29, 0.717) is 35.8 Å². The van der Waals surface area contributed by atoms with Gasteiger partial charge in [0.2, 0.25) is 5.91 Å². The van der Waals surface area contributed by atoms with Crippen LogP contribution in [-0.4, -0.2) is 46.3 Å². The Morgan fingerprint density at radius 1 is 1.14 bits per heavy atom. The van der Waals surface area contributed by atoms with Crippen molar-refractivity contribution in [2.24, 2.45) is 0 Å². The molecule has 1 saturated heterocycles. The standard InChI is InChI=1S/C21H22N4O3S/c1-27-17-9-8-16(11-18(17)28-2)25-20(22-23-21(25)29)15-10-19(26)24(13-15)12-14-6-4-3-5-7-14/h3-9,11,15H,10,12-13H2,1-2H3,(H,23,29). The second kappa shape index (κ2) is 8.08. The SMILES string of the molecule is COc1ccc(-n2c(C3CC(=O)N(Cc4ccccc4)C3)n[nH]c2=S)cc1OC. The molecule has 1 unspecified atom stereocenters. The van der Waals surface area contributed by atoms with Crippen molar-refractivity contribution in [3.05, 3.63) is 64.7 Å². The second-order valence-corrected chi connectivity index (χ2v) is 7.31. The molecule has 0 spiro atoms. The largest absolute Gasteiger partial charge is 0.493 e. The molecule has 1 atom stereocenters. The Bertz CT molecular complexity index is 1080. The Labute approximate surface area is 173 Å². The topological polar surface area (TPSA) is 72.4 Å². The van der Waals surface area contributed by atoms with Gasteiger partial charge in [0.05, 0.1) is 19.9 Å². The summed E-state index contributed by atoms with van der Waals surface area (Å²) in [5.74, 6) is 2.05. The first-order valence-electron chi connectivity index (χ1n) is 9.32.